The summed E-state index contributed by atoms with van der Waals surface area (Å²) < 4.78 is 0. The molecule has 74 valence electrons. The highest BCUT2D eigenvalue weighted by atomic mass is 16.4. The predicted octanol–water partition coefficient (Wildman–Crippen LogP) is 1.37. The second-order valence-corrected chi connectivity index (χ2v) is 3.63. The first-order chi connectivity index (χ1) is 6.70. The molecule has 1 aromatic carbocycles. The van der Waals surface area contributed by atoms with Gasteiger partial charge in [0.1, 0.15) is 0 Å². The molecule has 0 spiro atoms. The van der Waals surface area contributed by atoms with Gasteiger partial charge in [-0.1, -0.05) is 24.3 Å². The summed E-state index contributed by atoms with van der Waals surface area (Å²) in [5, 5.41) is 18.7. The van der Waals surface area contributed by atoms with Gasteiger partial charge in [0.25, 0.3) is 0 Å². The topological polar surface area (TPSA) is 57.5 Å². The van der Waals surface area contributed by atoms with Crippen molar-refractivity contribution in [3.8, 4) is 0 Å². The molecule has 2 N–H and O–H groups in total. The van der Waals surface area contributed by atoms with Crippen LogP contribution in [0, 0.1) is 5.92 Å². The van der Waals surface area contributed by atoms with E-state index in [-0.39, 0.29) is 0 Å². The average molecular weight is 192 g/mol. The Bertz CT molecular complexity index is 359. The van der Waals surface area contributed by atoms with Crippen LogP contribution in [-0.2, 0) is 11.2 Å². The summed E-state index contributed by atoms with van der Waals surface area (Å²) in [6, 6.07) is 7.48. The van der Waals surface area contributed by atoms with Gasteiger partial charge in [0.2, 0.25) is 0 Å². The Balaban J connectivity index is 2.36. The van der Waals surface area contributed by atoms with Crippen LogP contribution in [0.15, 0.2) is 24.3 Å². The molecule has 1 aliphatic rings. The van der Waals surface area contributed by atoms with Crippen molar-refractivity contribution >= 4 is 5.97 Å². The Labute approximate surface area is 82.0 Å². The second kappa shape index (κ2) is 3.42. The number of aliphatic hydroxyl groups excluding tert-OH is 1. The van der Waals surface area contributed by atoms with Crippen LogP contribution in [0.4, 0.5) is 0 Å². The van der Waals surface area contributed by atoms with E-state index in [1.165, 1.54) is 0 Å². The molecule has 3 nitrogen and oxygen atoms in total. The molecule has 0 radical (unpaired) electrons. The highest BCUT2D eigenvalue weighted by Gasteiger charge is 2.32. The Kier molecular flexibility index (Phi) is 2.25. The number of carboxylic acid groups (broad SMARTS) is 1. The molecule has 0 aliphatic heterocycles. The molecule has 2 rings (SSSR count). The summed E-state index contributed by atoms with van der Waals surface area (Å²) in [6.07, 6.45) is 0.412. The summed E-state index contributed by atoms with van der Waals surface area (Å²) in [4.78, 5) is 10.8. The second-order valence-electron chi connectivity index (χ2n) is 3.63. The van der Waals surface area contributed by atoms with Crippen molar-refractivity contribution in [3.63, 3.8) is 0 Å². The van der Waals surface area contributed by atoms with Crippen molar-refractivity contribution in [2.24, 2.45) is 5.92 Å². The molecule has 0 saturated heterocycles. The van der Waals surface area contributed by atoms with E-state index in [4.69, 9.17) is 5.11 Å². The molecule has 14 heavy (non-hydrogen) atoms. The SMILES string of the molecule is O=C(O)C1CCc2ccccc2C1O. The molecule has 1 aromatic rings. The lowest BCUT2D eigenvalue weighted by molar-refractivity contribution is -0.146. The van der Waals surface area contributed by atoms with E-state index in [1.807, 2.05) is 18.2 Å². The fourth-order valence-corrected chi connectivity index (χ4v) is 1.99. The van der Waals surface area contributed by atoms with E-state index >= 15 is 0 Å². The lowest BCUT2D eigenvalue weighted by atomic mass is 9.81. The van der Waals surface area contributed by atoms with E-state index < -0.39 is 18.0 Å². The van der Waals surface area contributed by atoms with E-state index in [2.05, 4.69) is 0 Å². The van der Waals surface area contributed by atoms with E-state index in [9.17, 15) is 9.90 Å². The largest absolute Gasteiger partial charge is 0.481 e. The van der Waals surface area contributed by atoms with Crippen molar-refractivity contribution in [3.05, 3.63) is 35.4 Å². The smallest absolute Gasteiger partial charge is 0.309 e. The maximum Gasteiger partial charge on any atom is 0.309 e. The molecule has 2 unspecified atom stereocenters. The van der Waals surface area contributed by atoms with Gasteiger partial charge < -0.3 is 10.2 Å². The number of carbonyl (C=O) groups is 1. The minimum absolute atomic E-state index is 0.521. The number of aryl methyl sites for hydroxylation is 1. The summed E-state index contributed by atoms with van der Waals surface area (Å²) in [6.45, 7) is 0. The Morgan fingerprint density at radius 2 is 2.07 bits per heavy atom. The molecular weight excluding hydrogens is 180 g/mol. The van der Waals surface area contributed by atoms with E-state index in [0.29, 0.717) is 6.42 Å². The number of rotatable bonds is 1. The quantitative estimate of drug-likeness (QED) is 0.706. The van der Waals surface area contributed by atoms with E-state index in [1.54, 1.807) is 6.07 Å². The van der Waals surface area contributed by atoms with Crippen molar-refractivity contribution in [1.29, 1.82) is 0 Å². The highest BCUT2D eigenvalue weighted by Crippen LogP contribution is 2.34. The lowest BCUT2D eigenvalue weighted by Gasteiger charge is -2.26. The Morgan fingerprint density at radius 1 is 1.36 bits per heavy atom. The van der Waals surface area contributed by atoms with Crippen LogP contribution >= 0.6 is 0 Å². The molecule has 0 aromatic heterocycles. The third kappa shape index (κ3) is 1.40. The first-order valence-electron chi connectivity index (χ1n) is 4.69. The van der Waals surface area contributed by atoms with Crippen LogP contribution in [-0.4, -0.2) is 16.2 Å². The van der Waals surface area contributed by atoms with Crippen molar-refractivity contribution < 1.29 is 15.0 Å². The molecule has 1 aliphatic carbocycles. The maximum absolute atomic E-state index is 10.8. The summed E-state index contributed by atoms with van der Waals surface area (Å²) in [5.74, 6) is -1.56. The van der Waals surface area contributed by atoms with Gasteiger partial charge in [-0.05, 0) is 24.0 Å². The number of fused-ring (bicyclic) bond motifs is 1. The van der Waals surface area contributed by atoms with Crippen molar-refractivity contribution in [2.45, 2.75) is 18.9 Å². The predicted molar refractivity (Wildman–Crippen MR) is 50.8 cm³/mol. The molecule has 2 atom stereocenters. The number of aliphatic carboxylic acids is 1. The third-order valence-corrected chi connectivity index (χ3v) is 2.80. The normalized spacial score (nSPS) is 25.5. The molecular formula is C11H12O3. The fraction of sp³-hybridized carbons (Fsp3) is 0.364. The van der Waals surface area contributed by atoms with Crippen molar-refractivity contribution in [1.82, 2.24) is 0 Å². The molecule has 0 heterocycles. The Morgan fingerprint density at radius 3 is 2.79 bits per heavy atom. The molecule has 3 heteroatoms. The summed E-state index contributed by atoms with van der Waals surface area (Å²) >= 11 is 0. The van der Waals surface area contributed by atoms with Gasteiger partial charge >= 0.3 is 5.97 Å². The average Bonchev–Trinajstić information content (AvgIpc) is 2.18. The number of carboxylic acids is 1. The van der Waals surface area contributed by atoms with Gasteiger partial charge in [-0.2, -0.15) is 0 Å². The fourth-order valence-electron chi connectivity index (χ4n) is 1.99. The van der Waals surface area contributed by atoms with Gasteiger partial charge in [-0.3, -0.25) is 4.79 Å². The first kappa shape index (κ1) is 9.21. The number of hydrogen-bond acceptors (Lipinski definition) is 2. The Hall–Kier alpha value is -1.35. The number of benzene rings is 1. The lowest BCUT2D eigenvalue weighted by Crippen LogP contribution is -2.27. The number of hydrogen-bond donors (Lipinski definition) is 2. The van der Waals surface area contributed by atoms with Gasteiger partial charge in [0, 0.05) is 0 Å². The zero-order chi connectivity index (χ0) is 10.1. The molecule has 0 saturated carbocycles. The van der Waals surface area contributed by atoms with Crippen LogP contribution < -0.4 is 0 Å². The summed E-state index contributed by atoms with van der Waals surface area (Å²) in [5.41, 5.74) is 1.84. The minimum Gasteiger partial charge on any atom is -0.481 e. The van der Waals surface area contributed by atoms with Crippen LogP contribution in [0.1, 0.15) is 23.7 Å². The molecule has 0 amide bonds. The van der Waals surface area contributed by atoms with Crippen LogP contribution in [0.5, 0.6) is 0 Å². The standard InChI is InChI=1S/C11H12O3/c12-10-8-4-2-1-3-7(8)5-6-9(10)11(13)14/h1-4,9-10,12H,5-6H2,(H,13,14). The minimum atomic E-state index is -0.910. The van der Waals surface area contributed by atoms with Gasteiger partial charge in [-0.25, -0.2) is 0 Å². The van der Waals surface area contributed by atoms with Crippen LogP contribution in [0.2, 0.25) is 0 Å². The molecule has 0 fully saturated rings. The van der Waals surface area contributed by atoms with Crippen LogP contribution in [0.25, 0.3) is 0 Å². The van der Waals surface area contributed by atoms with Gasteiger partial charge in [-0.15, -0.1) is 0 Å². The monoisotopic (exact) mass is 192 g/mol. The zero-order valence-electron chi connectivity index (χ0n) is 7.68. The number of aliphatic hydroxyl groups is 1. The third-order valence-electron chi connectivity index (χ3n) is 2.80. The highest BCUT2D eigenvalue weighted by molar-refractivity contribution is 5.71. The molecule has 0 bridgehead atoms. The van der Waals surface area contributed by atoms with Gasteiger partial charge in [0.05, 0.1) is 12.0 Å². The van der Waals surface area contributed by atoms with Crippen LogP contribution in [0.3, 0.4) is 0 Å². The van der Waals surface area contributed by atoms with Crippen molar-refractivity contribution in [2.75, 3.05) is 0 Å². The first-order valence-corrected chi connectivity index (χ1v) is 4.69. The summed E-state index contributed by atoms with van der Waals surface area (Å²) in [7, 11) is 0. The van der Waals surface area contributed by atoms with Gasteiger partial charge in [0.15, 0.2) is 0 Å². The zero-order valence-corrected chi connectivity index (χ0v) is 7.68. The maximum atomic E-state index is 10.8. The van der Waals surface area contributed by atoms with E-state index in [0.717, 1.165) is 17.5 Å².